The van der Waals surface area contributed by atoms with E-state index in [1.807, 2.05) is 42.5 Å². The molecule has 7 nitrogen and oxygen atoms in total. The zero-order chi connectivity index (χ0) is 21.4. The smallest absolute Gasteiger partial charge is 0.291 e. The average Bonchev–Trinajstić information content (AvgIpc) is 3.54. The van der Waals surface area contributed by atoms with Crippen LogP contribution >= 0.6 is 11.3 Å². The molecule has 1 amide bonds. The molecule has 0 radical (unpaired) electrons. The van der Waals surface area contributed by atoms with Gasteiger partial charge in [0.15, 0.2) is 5.76 Å². The Morgan fingerprint density at radius 2 is 1.74 bits per heavy atom. The molecule has 4 aromatic rings. The number of hydrogen-bond acceptors (Lipinski definition) is 6. The second kappa shape index (κ2) is 7.92. The van der Waals surface area contributed by atoms with Gasteiger partial charge in [0, 0.05) is 18.7 Å². The van der Waals surface area contributed by atoms with E-state index in [0.29, 0.717) is 18.8 Å². The number of amides is 1. The van der Waals surface area contributed by atoms with Crippen LogP contribution in [-0.4, -0.2) is 36.7 Å². The number of nitrogens with zero attached hydrogens (tertiary/aromatic N) is 2. The van der Waals surface area contributed by atoms with Crippen LogP contribution in [0.2, 0.25) is 0 Å². The number of benzene rings is 2. The molecule has 1 saturated heterocycles. The summed E-state index contributed by atoms with van der Waals surface area (Å²) < 4.78 is 33.2. The highest BCUT2D eigenvalue weighted by atomic mass is 32.2. The number of anilines is 1. The maximum atomic E-state index is 12.8. The third-order valence-corrected chi connectivity index (χ3v) is 8.01. The van der Waals surface area contributed by atoms with Crippen LogP contribution in [0.5, 0.6) is 0 Å². The lowest BCUT2D eigenvalue weighted by atomic mass is 10.2. The van der Waals surface area contributed by atoms with Gasteiger partial charge in [-0.1, -0.05) is 24.3 Å². The molecule has 1 aliphatic rings. The van der Waals surface area contributed by atoms with Crippen LogP contribution in [0.15, 0.2) is 70.2 Å². The first-order valence-corrected chi connectivity index (χ1v) is 12.1. The van der Waals surface area contributed by atoms with Crippen LogP contribution in [0.3, 0.4) is 0 Å². The fourth-order valence-corrected chi connectivity index (χ4v) is 6.02. The number of thiazole rings is 1. The summed E-state index contributed by atoms with van der Waals surface area (Å²) in [6.45, 7) is 0.945. The van der Waals surface area contributed by atoms with Gasteiger partial charge in [-0.25, -0.2) is 13.4 Å². The van der Waals surface area contributed by atoms with Crippen molar-refractivity contribution in [3.05, 3.63) is 66.4 Å². The van der Waals surface area contributed by atoms with E-state index in [1.54, 1.807) is 6.07 Å². The van der Waals surface area contributed by atoms with Crippen molar-refractivity contribution in [2.45, 2.75) is 17.9 Å². The van der Waals surface area contributed by atoms with E-state index in [1.165, 1.54) is 27.8 Å². The number of rotatable bonds is 5. The minimum Gasteiger partial charge on any atom is -0.438 e. The van der Waals surface area contributed by atoms with Crippen molar-refractivity contribution in [2.75, 3.05) is 18.4 Å². The van der Waals surface area contributed by atoms with E-state index in [0.717, 1.165) is 33.6 Å². The molecule has 9 heteroatoms. The second-order valence-electron chi connectivity index (χ2n) is 7.22. The first kappa shape index (κ1) is 19.9. The van der Waals surface area contributed by atoms with E-state index in [2.05, 4.69) is 10.3 Å². The van der Waals surface area contributed by atoms with Crippen molar-refractivity contribution in [2.24, 2.45) is 0 Å². The Labute approximate surface area is 183 Å². The molecule has 1 aliphatic heterocycles. The number of hydrogen-bond donors (Lipinski definition) is 1. The molecule has 158 valence electrons. The van der Waals surface area contributed by atoms with Gasteiger partial charge in [-0.05, 0) is 49.2 Å². The zero-order valence-electron chi connectivity index (χ0n) is 16.4. The second-order valence-corrected chi connectivity index (χ2v) is 10.1. The van der Waals surface area contributed by atoms with Crippen molar-refractivity contribution in [3.63, 3.8) is 0 Å². The van der Waals surface area contributed by atoms with Gasteiger partial charge in [-0.3, -0.25) is 4.79 Å². The van der Waals surface area contributed by atoms with Crippen molar-refractivity contribution < 1.29 is 17.6 Å². The van der Waals surface area contributed by atoms with Gasteiger partial charge in [0.2, 0.25) is 5.09 Å². The summed E-state index contributed by atoms with van der Waals surface area (Å²) in [5, 5.41) is 3.41. The molecule has 3 heterocycles. The summed E-state index contributed by atoms with van der Waals surface area (Å²) in [6.07, 6.45) is 1.66. The Bertz CT molecular complexity index is 1340. The van der Waals surface area contributed by atoms with E-state index < -0.39 is 15.9 Å². The molecule has 1 N–H and O–H groups in total. The van der Waals surface area contributed by atoms with Gasteiger partial charge < -0.3 is 9.73 Å². The highest BCUT2D eigenvalue weighted by Crippen LogP contribution is 2.34. The largest absolute Gasteiger partial charge is 0.438 e. The van der Waals surface area contributed by atoms with E-state index in [9.17, 15) is 13.2 Å². The molecule has 1 fully saturated rings. The van der Waals surface area contributed by atoms with E-state index in [-0.39, 0.29) is 10.9 Å². The Hall–Kier alpha value is -3.01. The lowest BCUT2D eigenvalue weighted by Gasteiger charge is -2.12. The molecular weight excluding hydrogens is 434 g/mol. The maximum absolute atomic E-state index is 12.8. The van der Waals surface area contributed by atoms with Gasteiger partial charge in [0.25, 0.3) is 15.9 Å². The molecule has 0 saturated carbocycles. The number of aromatic nitrogens is 1. The van der Waals surface area contributed by atoms with Crippen molar-refractivity contribution in [1.82, 2.24) is 9.29 Å². The topological polar surface area (TPSA) is 92.5 Å². The predicted molar refractivity (Wildman–Crippen MR) is 120 cm³/mol. The Kier molecular flexibility index (Phi) is 5.09. The maximum Gasteiger partial charge on any atom is 0.291 e. The molecule has 31 heavy (non-hydrogen) atoms. The Morgan fingerprint density at radius 1 is 1.00 bits per heavy atom. The zero-order valence-corrected chi connectivity index (χ0v) is 18.1. The molecule has 0 atom stereocenters. The highest BCUT2D eigenvalue weighted by Gasteiger charge is 2.30. The van der Waals surface area contributed by atoms with Crippen LogP contribution in [0.4, 0.5) is 5.69 Å². The fraction of sp³-hybridized carbons (Fsp3) is 0.182. The Balaban J connectivity index is 1.41. The van der Waals surface area contributed by atoms with Gasteiger partial charge in [0.05, 0.1) is 15.9 Å². The highest BCUT2D eigenvalue weighted by molar-refractivity contribution is 7.89. The molecule has 0 unspecified atom stereocenters. The summed E-state index contributed by atoms with van der Waals surface area (Å²) in [4.78, 5) is 17.5. The summed E-state index contributed by atoms with van der Waals surface area (Å²) >= 11 is 1.54. The number of para-hydroxylation sites is 2. The molecule has 2 aromatic carbocycles. The quantitative estimate of drug-likeness (QED) is 0.477. The summed E-state index contributed by atoms with van der Waals surface area (Å²) in [5.74, 6) is -0.576. The average molecular weight is 454 g/mol. The van der Waals surface area contributed by atoms with Crippen molar-refractivity contribution >= 4 is 43.2 Å². The monoisotopic (exact) mass is 453 g/mol. The molecular formula is C22H19N3O4S2. The summed E-state index contributed by atoms with van der Waals surface area (Å²) in [7, 11) is -3.71. The number of fused-ring (bicyclic) bond motifs is 1. The fourth-order valence-electron chi connectivity index (χ4n) is 3.59. The Morgan fingerprint density at radius 3 is 2.55 bits per heavy atom. The standard InChI is InChI=1S/C22H19N3O4S2/c26-21(18-11-12-20(29-18)31(27,28)25-13-5-6-14-25)23-16-8-2-1-7-15(16)22-24-17-9-3-4-10-19(17)30-22/h1-4,7-12H,5-6,13-14H2,(H,23,26). The van der Waals surface area contributed by atoms with E-state index in [4.69, 9.17) is 4.42 Å². The van der Waals surface area contributed by atoms with Crippen molar-refractivity contribution in [1.29, 1.82) is 0 Å². The third kappa shape index (κ3) is 3.76. The van der Waals surface area contributed by atoms with E-state index >= 15 is 0 Å². The van der Waals surface area contributed by atoms with Crippen LogP contribution < -0.4 is 5.32 Å². The number of furan rings is 1. The lowest BCUT2D eigenvalue weighted by Crippen LogP contribution is -2.27. The predicted octanol–water partition coefficient (Wildman–Crippen LogP) is 4.59. The van der Waals surface area contributed by atoms with Crippen LogP contribution in [0, 0.1) is 0 Å². The van der Waals surface area contributed by atoms with Crippen LogP contribution in [0.25, 0.3) is 20.8 Å². The van der Waals surface area contributed by atoms with Crippen LogP contribution in [0.1, 0.15) is 23.4 Å². The molecule has 2 aromatic heterocycles. The number of carbonyl (C=O) groups excluding carboxylic acids is 1. The molecule has 0 bridgehead atoms. The first-order valence-electron chi connectivity index (χ1n) is 9.89. The van der Waals surface area contributed by atoms with Gasteiger partial charge in [-0.2, -0.15) is 4.31 Å². The molecule has 0 aliphatic carbocycles. The molecule has 5 rings (SSSR count). The SMILES string of the molecule is O=C(Nc1ccccc1-c1nc2ccccc2s1)c1ccc(S(=O)(=O)N2CCCC2)o1. The first-order chi connectivity index (χ1) is 15.0. The number of nitrogens with one attached hydrogen (secondary N) is 1. The minimum atomic E-state index is -3.71. The summed E-state index contributed by atoms with van der Waals surface area (Å²) in [6, 6.07) is 17.9. The third-order valence-electron chi connectivity index (χ3n) is 5.16. The van der Waals surface area contributed by atoms with Gasteiger partial charge in [-0.15, -0.1) is 11.3 Å². The number of carbonyl (C=O) groups is 1. The lowest BCUT2D eigenvalue weighted by molar-refractivity contribution is 0.0991. The van der Waals surface area contributed by atoms with Gasteiger partial charge >= 0.3 is 0 Å². The molecule has 0 spiro atoms. The van der Waals surface area contributed by atoms with Crippen molar-refractivity contribution in [3.8, 4) is 10.6 Å². The normalized spacial score (nSPS) is 14.8. The van der Waals surface area contributed by atoms with Crippen LogP contribution in [-0.2, 0) is 10.0 Å². The number of sulfonamides is 1. The van der Waals surface area contributed by atoms with Gasteiger partial charge in [0.1, 0.15) is 5.01 Å². The minimum absolute atomic E-state index is 0.0584. The summed E-state index contributed by atoms with van der Waals surface area (Å²) in [5.41, 5.74) is 2.26.